The molecule has 1 aliphatic heterocycles. The van der Waals surface area contributed by atoms with E-state index in [9.17, 15) is 4.79 Å². The van der Waals surface area contributed by atoms with E-state index in [-0.39, 0.29) is 5.91 Å². The van der Waals surface area contributed by atoms with E-state index in [0.717, 1.165) is 25.9 Å². The average molecular weight is 298 g/mol. The molecule has 1 saturated heterocycles. The molecule has 1 fully saturated rings. The maximum Gasteiger partial charge on any atom is 0.224 e. The summed E-state index contributed by atoms with van der Waals surface area (Å²) in [7, 11) is 0. The summed E-state index contributed by atoms with van der Waals surface area (Å²) in [6, 6.07) is 8.65. The Hall–Kier alpha value is -2.17. The number of piperidine rings is 1. The number of hydrogen-bond acceptors (Lipinski definition) is 3. The summed E-state index contributed by atoms with van der Waals surface area (Å²) >= 11 is 0. The van der Waals surface area contributed by atoms with Crippen LogP contribution in [0, 0.1) is 6.92 Å². The molecule has 1 unspecified atom stereocenters. The fourth-order valence-corrected chi connectivity index (χ4v) is 3.12. The number of hydrogen-bond donors (Lipinski definition) is 0. The van der Waals surface area contributed by atoms with Crippen molar-refractivity contribution in [3.8, 4) is 0 Å². The van der Waals surface area contributed by atoms with Gasteiger partial charge in [0.15, 0.2) is 0 Å². The third-order valence-electron chi connectivity index (χ3n) is 4.31. The maximum atomic E-state index is 12.4. The van der Waals surface area contributed by atoms with E-state index in [0.29, 0.717) is 18.9 Å². The molecular formula is C17H22N4O. The molecule has 1 atom stereocenters. The zero-order valence-corrected chi connectivity index (χ0v) is 13.0. The van der Waals surface area contributed by atoms with Crippen molar-refractivity contribution in [2.45, 2.75) is 38.6 Å². The Kier molecular flexibility index (Phi) is 4.51. The molecule has 5 heteroatoms. The van der Waals surface area contributed by atoms with E-state index in [1.165, 1.54) is 17.5 Å². The topological polar surface area (TPSA) is 51.0 Å². The Morgan fingerprint density at radius 3 is 3.09 bits per heavy atom. The second-order valence-corrected chi connectivity index (χ2v) is 6.00. The molecule has 116 valence electrons. The van der Waals surface area contributed by atoms with Gasteiger partial charge in [0.1, 0.15) is 12.7 Å². The molecule has 0 N–H and O–H groups in total. The van der Waals surface area contributed by atoms with Crippen LogP contribution in [0.15, 0.2) is 36.9 Å². The molecule has 1 aromatic heterocycles. The molecule has 1 aliphatic rings. The van der Waals surface area contributed by atoms with Crippen LogP contribution in [-0.4, -0.2) is 38.7 Å². The van der Waals surface area contributed by atoms with Crippen molar-refractivity contribution in [1.82, 2.24) is 19.7 Å². The fraction of sp³-hybridized carbons (Fsp3) is 0.471. The minimum absolute atomic E-state index is 0.216. The summed E-state index contributed by atoms with van der Waals surface area (Å²) in [6.07, 6.45) is 5.88. The first-order chi connectivity index (χ1) is 10.7. The molecule has 0 bridgehead atoms. The van der Waals surface area contributed by atoms with Crippen LogP contribution in [0.3, 0.4) is 0 Å². The highest BCUT2D eigenvalue weighted by atomic mass is 16.2. The van der Waals surface area contributed by atoms with Crippen molar-refractivity contribution in [3.63, 3.8) is 0 Å². The normalized spacial score (nSPS) is 18.4. The Labute approximate surface area is 131 Å². The molecule has 2 aromatic rings. The van der Waals surface area contributed by atoms with Crippen molar-refractivity contribution < 1.29 is 4.79 Å². The minimum Gasteiger partial charge on any atom is -0.342 e. The van der Waals surface area contributed by atoms with Gasteiger partial charge >= 0.3 is 0 Å². The van der Waals surface area contributed by atoms with Gasteiger partial charge in [-0.05, 0) is 25.3 Å². The molecule has 0 spiro atoms. The molecule has 0 saturated carbocycles. The molecule has 3 rings (SSSR count). The summed E-state index contributed by atoms with van der Waals surface area (Å²) in [5, 5.41) is 4.04. The minimum atomic E-state index is 0.216. The van der Waals surface area contributed by atoms with E-state index in [4.69, 9.17) is 0 Å². The Balaban J connectivity index is 1.59. The lowest BCUT2D eigenvalue weighted by Crippen LogP contribution is -2.39. The Bertz CT molecular complexity index is 623. The van der Waals surface area contributed by atoms with Gasteiger partial charge in [0.25, 0.3) is 0 Å². The van der Waals surface area contributed by atoms with Gasteiger partial charge in [-0.2, -0.15) is 5.10 Å². The van der Waals surface area contributed by atoms with Gasteiger partial charge in [-0.1, -0.05) is 29.8 Å². The van der Waals surface area contributed by atoms with E-state index < -0.39 is 0 Å². The van der Waals surface area contributed by atoms with Crippen molar-refractivity contribution in [1.29, 1.82) is 0 Å². The number of benzene rings is 1. The van der Waals surface area contributed by atoms with Gasteiger partial charge in [0, 0.05) is 25.4 Å². The number of carbonyl (C=O) groups excluding carboxylic acids is 1. The summed E-state index contributed by atoms with van der Waals surface area (Å²) < 4.78 is 1.71. The zero-order valence-electron chi connectivity index (χ0n) is 13.0. The number of amides is 1. The second-order valence-electron chi connectivity index (χ2n) is 6.00. The SMILES string of the molecule is Cc1cccc(C2CCCN(C(=O)CCn3cncn3)C2)c1. The molecule has 5 nitrogen and oxygen atoms in total. The maximum absolute atomic E-state index is 12.4. The third kappa shape index (κ3) is 3.53. The third-order valence-corrected chi connectivity index (χ3v) is 4.31. The van der Waals surface area contributed by atoms with Gasteiger partial charge in [0.2, 0.25) is 5.91 Å². The van der Waals surface area contributed by atoms with Gasteiger partial charge in [0.05, 0.1) is 6.54 Å². The lowest BCUT2D eigenvalue weighted by Gasteiger charge is -2.33. The van der Waals surface area contributed by atoms with Gasteiger partial charge < -0.3 is 4.90 Å². The number of likely N-dealkylation sites (tertiary alicyclic amines) is 1. The van der Waals surface area contributed by atoms with Crippen molar-refractivity contribution in [2.24, 2.45) is 0 Å². The van der Waals surface area contributed by atoms with Crippen molar-refractivity contribution in [3.05, 3.63) is 48.0 Å². The summed E-state index contributed by atoms with van der Waals surface area (Å²) in [5.41, 5.74) is 2.64. The molecule has 1 aromatic carbocycles. The van der Waals surface area contributed by atoms with Gasteiger partial charge in [-0.3, -0.25) is 9.48 Å². The second kappa shape index (κ2) is 6.73. The quantitative estimate of drug-likeness (QED) is 0.871. The number of rotatable bonds is 4. The highest BCUT2D eigenvalue weighted by Crippen LogP contribution is 2.27. The Morgan fingerprint density at radius 1 is 1.41 bits per heavy atom. The zero-order chi connectivity index (χ0) is 15.4. The van der Waals surface area contributed by atoms with E-state index in [2.05, 4.69) is 41.3 Å². The number of aryl methyl sites for hydroxylation is 2. The molecule has 1 amide bonds. The smallest absolute Gasteiger partial charge is 0.224 e. The van der Waals surface area contributed by atoms with Crippen LogP contribution in [-0.2, 0) is 11.3 Å². The van der Waals surface area contributed by atoms with Crippen LogP contribution in [0.1, 0.15) is 36.3 Å². The standard InChI is InChI=1S/C17H22N4O/c1-14-4-2-5-15(10-14)16-6-3-8-20(11-16)17(22)7-9-21-13-18-12-19-21/h2,4-5,10,12-13,16H,3,6-9,11H2,1H3. The van der Waals surface area contributed by atoms with Gasteiger partial charge in [-0.25, -0.2) is 4.98 Å². The van der Waals surface area contributed by atoms with Gasteiger partial charge in [-0.15, -0.1) is 0 Å². The van der Waals surface area contributed by atoms with Crippen LogP contribution in [0.2, 0.25) is 0 Å². The van der Waals surface area contributed by atoms with E-state index in [1.807, 2.05) is 4.90 Å². The molecule has 0 radical (unpaired) electrons. The largest absolute Gasteiger partial charge is 0.342 e. The van der Waals surface area contributed by atoms with Crippen LogP contribution in [0.5, 0.6) is 0 Å². The predicted octanol–water partition coefficient (Wildman–Crippen LogP) is 2.38. The van der Waals surface area contributed by atoms with Crippen LogP contribution in [0.25, 0.3) is 0 Å². The lowest BCUT2D eigenvalue weighted by atomic mass is 9.89. The van der Waals surface area contributed by atoms with Crippen LogP contribution >= 0.6 is 0 Å². The summed E-state index contributed by atoms with van der Waals surface area (Å²) in [5.74, 6) is 0.678. The highest BCUT2D eigenvalue weighted by Gasteiger charge is 2.24. The van der Waals surface area contributed by atoms with Crippen molar-refractivity contribution >= 4 is 5.91 Å². The predicted molar refractivity (Wildman–Crippen MR) is 84.4 cm³/mol. The first-order valence-electron chi connectivity index (χ1n) is 7.89. The Morgan fingerprint density at radius 2 is 2.32 bits per heavy atom. The summed E-state index contributed by atoms with van der Waals surface area (Å²) in [4.78, 5) is 18.3. The monoisotopic (exact) mass is 298 g/mol. The molecule has 0 aliphatic carbocycles. The molecule has 2 heterocycles. The number of carbonyl (C=O) groups is 1. The van der Waals surface area contributed by atoms with Crippen LogP contribution in [0.4, 0.5) is 0 Å². The summed E-state index contributed by atoms with van der Waals surface area (Å²) in [6.45, 7) is 4.43. The first-order valence-corrected chi connectivity index (χ1v) is 7.89. The lowest BCUT2D eigenvalue weighted by molar-refractivity contribution is -0.132. The fourth-order valence-electron chi connectivity index (χ4n) is 3.12. The molecular weight excluding hydrogens is 276 g/mol. The first kappa shape index (κ1) is 14.8. The number of nitrogens with zero attached hydrogens (tertiary/aromatic N) is 4. The average Bonchev–Trinajstić information content (AvgIpc) is 3.06. The molecule has 22 heavy (non-hydrogen) atoms. The van der Waals surface area contributed by atoms with Crippen LogP contribution < -0.4 is 0 Å². The highest BCUT2D eigenvalue weighted by molar-refractivity contribution is 5.76. The van der Waals surface area contributed by atoms with E-state index in [1.54, 1.807) is 11.0 Å². The number of aromatic nitrogens is 3. The van der Waals surface area contributed by atoms with E-state index >= 15 is 0 Å². The van der Waals surface area contributed by atoms with Crippen molar-refractivity contribution in [2.75, 3.05) is 13.1 Å².